The smallest absolute Gasteiger partial charge is 0.327 e. The highest BCUT2D eigenvalue weighted by Gasteiger charge is 2.36. The average molecular weight is 477 g/mol. The lowest BCUT2D eigenvalue weighted by Gasteiger charge is -2.30. The van der Waals surface area contributed by atoms with Crippen molar-refractivity contribution in [1.29, 1.82) is 0 Å². The summed E-state index contributed by atoms with van der Waals surface area (Å²) in [4.78, 5) is 23.3. The van der Waals surface area contributed by atoms with E-state index in [0.29, 0.717) is 41.2 Å². The quantitative estimate of drug-likeness (QED) is 0.566. The van der Waals surface area contributed by atoms with E-state index in [1.54, 1.807) is 17.2 Å². The number of para-hydroxylation sites is 1. The normalized spacial score (nSPS) is 22.2. The van der Waals surface area contributed by atoms with Crippen LogP contribution in [0.1, 0.15) is 52.0 Å². The van der Waals surface area contributed by atoms with Crippen molar-refractivity contribution in [2.75, 3.05) is 21.8 Å². The van der Waals surface area contributed by atoms with Crippen LogP contribution < -0.4 is 15.5 Å². The van der Waals surface area contributed by atoms with Gasteiger partial charge >= 0.3 is 6.03 Å². The zero-order valence-electron chi connectivity index (χ0n) is 19.0. The Morgan fingerprint density at radius 1 is 1.22 bits per heavy atom. The lowest BCUT2D eigenvalue weighted by molar-refractivity contribution is 0.169. The lowest BCUT2D eigenvalue weighted by atomic mass is 9.93. The topological polar surface area (TPSA) is 79.4 Å². The molecule has 1 unspecified atom stereocenters. The highest BCUT2D eigenvalue weighted by molar-refractivity contribution is 7.93. The van der Waals surface area contributed by atoms with E-state index >= 15 is 0 Å². The number of carbonyl (C=O) groups is 1. The van der Waals surface area contributed by atoms with Crippen molar-refractivity contribution in [3.05, 3.63) is 41.0 Å². The Labute approximate surface area is 197 Å². The molecule has 172 valence electrons. The Morgan fingerprint density at radius 3 is 2.62 bits per heavy atom. The second-order valence-electron chi connectivity index (χ2n) is 9.32. The zero-order valence-corrected chi connectivity index (χ0v) is 20.6. The predicted molar refractivity (Wildman–Crippen MR) is 132 cm³/mol. The molecule has 0 bridgehead atoms. The molecule has 0 radical (unpaired) electrons. The summed E-state index contributed by atoms with van der Waals surface area (Å²) in [6.07, 6.45) is 8.36. The van der Waals surface area contributed by atoms with Crippen LogP contribution >= 0.6 is 11.6 Å². The molecular weight excluding hydrogens is 446 g/mol. The summed E-state index contributed by atoms with van der Waals surface area (Å²) >= 11 is 6.22. The second kappa shape index (κ2) is 9.45. The Morgan fingerprint density at radius 2 is 1.94 bits per heavy atom. The van der Waals surface area contributed by atoms with E-state index in [9.17, 15) is 4.79 Å². The minimum atomic E-state index is -0.248. The number of anilines is 3. The van der Waals surface area contributed by atoms with E-state index < -0.39 is 0 Å². The fourth-order valence-electron chi connectivity index (χ4n) is 3.81. The molecule has 1 saturated carbocycles. The van der Waals surface area contributed by atoms with E-state index in [1.165, 1.54) is 0 Å². The van der Waals surface area contributed by atoms with Crippen LogP contribution in [0.15, 0.2) is 30.5 Å². The summed E-state index contributed by atoms with van der Waals surface area (Å²) < 4.78 is 6.48. The fourth-order valence-corrected chi connectivity index (χ4v) is 4.94. The molecule has 0 spiro atoms. The summed E-state index contributed by atoms with van der Waals surface area (Å²) in [5.74, 6) is 1.09. The molecule has 1 atom stereocenters. The second-order valence-corrected chi connectivity index (χ2v) is 12.0. The Kier molecular flexibility index (Phi) is 6.83. The van der Waals surface area contributed by atoms with Gasteiger partial charge in [0.1, 0.15) is 29.4 Å². The van der Waals surface area contributed by atoms with Gasteiger partial charge in [0.25, 0.3) is 0 Å². The summed E-state index contributed by atoms with van der Waals surface area (Å²) in [5.41, 5.74) is 1.52. The van der Waals surface area contributed by atoms with Crippen molar-refractivity contribution >= 4 is 46.3 Å². The molecule has 32 heavy (non-hydrogen) atoms. The maximum absolute atomic E-state index is 12.7. The van der Waals surface area contributed by atoms with Crippen molar-refractivity contribution in [2.24, 2.45) is 0 Å². The molecule has 2 N–H and O–H groups in total. The van der Waals surface area contributed by atoms with E-state index in [0.717, 1.165) is 31.2 Å². The van der Waals surface area contributed by atoms with Gasteiger partial charge in [-0.15, -0.1) is 0 Å². The molecule has 1 aliphatic heterocycles. The van der Waals surface area contributed by atoms with Gasteiger partial charge in [-0.05, 0) is 58.6 Å². The van der Waals surface area contributed by atoms with Gasteiger partial charge in [0.15, 0.2) is 4.75 Å². The van der Waals surface area contributed by atoms with Crippen LogP contribution in [0.3, 0.4) is 0 Å². The van der Waals surface area contributed by atoms with Gasteiger partial charge < -0.3 is 5.32 Å². The third-order valence-electron chi connectivity index (χ3n) is 5.96. The minimum absolute atomic E-state index is 0.0552. The number of nitrogens with one attached hydrogen (secondary N) is 2. The van der Waals surface area contributed by atoms with Crippen LogP contribution in [-0.2, 0) is 21.9 Å². The largest absolute Gasteiger partial charge is 0.351 e. The first-order valence-corrected chi connectivity index (χ1v) is 12.9. The first-order valence-electron chi connectivity index (χ1n) is 11.0. The van der Waals surface area contributed by atoms with E-state index in [-0.39, 0.29) is 22.0 Å². The number of urea groups is 1. The summed E-state index contributed by atoms with van der Waals surface area (Å²) in [6, 6.07) is 7.35. The molecule has 1 aromatic carbocycles. The van der Waals surface area contributed by atoms with Gasteiger partial charge in [-0.25, -0.2) is 9.78 Å². The number of carbonyl (C=O) groups excluding carboxylic acids is 1. The van der Waals surface area contributed by atoms with Gasteiger partial charge in [0, 0.05) is 17.8 Å². The number of aromatic nitrogens is 2. The monoisotopic (exact) mass is 476 g/mol. The van der Waals surface area contributed by atoms with Gasteiger partial charge in [-0.2, -0.15) is 9.17 Å². The first kappa shape index (κ1) is 23.1. The zero-order chi connectivity index (χ0) is 22.9. The van der Waals surface area contributed by atoms with Crippen LogP contribution in [0.2, 0.25) is 5.02 Å². The van der Waals surface area contributed by atoms with E-state index in [1.807, 2.05) is 18.2 Å². The molecule has 2 aromatic rings. The molecule has 7 nitrogen and oxygen atoms in total. The summed E-state index contributed by atoms with van der Waals surface area (Å²) in [7, 11) is 0. The Bertz CT molecular complexity index is 975. The van der Waals surface area contributed by atoms with E-state index in [4.69, 9.17) is 15.8 Å². The minimum Gasteiger partial charge on any atom is -0.351 e. The highest BCUT2D eigenvalue weighted by atomic mass is 35.5. The molecule has 1 fully saturated rings. The molecule has 2 aliphatic rings. The number of rotatable bonds is 5. The Balaban J connectivity index is 1.35. The number of hydrogen-bond donors (Lipinski definition) is 2. The molecule has 2 amide bonds. The maximum atomic E-state index is 12.7. The number of nitrogens with zero attached hydrogens (tertiary/aromatic N) is 3. The average Bonchev–Trinajstić information content (AvgIpc) is 2.74. The van der Waals surface area contributed by atoms with Crippen LogP contribution in [0.5, 0.6) is 0 Å². The first-order chi connectivity index (χ1) is 15.2. The summed E-state index contributed by atoms with van der Waals surface area (Å²) in [6.45, 7) is 7.05. The van der Waals surface area contributed by atoms with Gasteiger partial charge in [0.05, 0.1) is 17.3 Å². The standard InChI is InChI=1S/C23H30ClN5O2S/c1-23(2,3)32(4)31-17-11-9-16(10-12-17)26-21-25-13-15-14-29(22(30)28-20(15)27-21)19-8-6-5-7-18(19)24/h5-8,13,16-17H,9-12,14H2,1-4H3,(H-,25,26,27,28,30)/p+1. The SMILES string of the molecule is C[S+](OC1CCC(Nc2ncc3c(n2)NC(=O)N(c2ccccc2Cl)C3)CC1)C(C)(C)C. The van der Waals surface area contributed by atoms with Crippen molar-refractivity contribution in [1.82, 2.24) is 9.97 Å². The summed E-state index contributed by atoms with van der Waals surface area (Å²) in [5, 5.41) is 6.84. The van der Waals surface area contributed by atoms with Crippen LogP contribution in [-0.4, -0.2) is 39.1 Å². The van der Waals surface area contributed by atoms with Crippen molar-refractivity contribution in [2.45, 2.75) is 69.9 Å². The molecule has 0 saturated heterocycles. The highest BCUT2D eigenvalue weighted by Crippen LogP contribution is 2.32. The molecular formula is C23H31ClN5O2S+. The molecule has 4 rings (SSSR count). The third-order valence-corrected chi connectivity index (χ3v) is 8.56. The fraction of sp³-hybridized carbons (Fsp3) is 0.522. The molecule has 9 heteroatoms. The third kappa shape index (κ3) is 5.30. The van der Waals surface area contributed by atoms with Crippen molar-refractivity contribution in [3.8, 4) is 0 Å². The van der Waals surface area contributed by atoms with Gasteiger partial charge in [-0.3, -0.25) is 10.2 Å². The predicted octanol–water partition coefficient (Wildman–Crippen LogP) is 5.38. The van der Waals surface area contributed by atoms with Crippen LogP contribution in [0.4, 0.5) is 22.2 Å². The van der Waals surface area contributed by atoms with E-state index in [2.05, 4.69) is 47.6 Å². The number of fused-ring (bicyclic) bond motifs is 1. The van der Waals surface area contributed by atoms with Gasteiger partial charge in [-0.1, -0.05) is 23.7 Å². The number of amides is 2. The molecule has 1 aliphatic carbocycles. The molecule has 1 aromatic heterocycles. The van der Waals surface area contributed by atoms with Crippen LogP contribution in [0, 0.1) is 0 Å². The Hall–Kier alpha value is -2.03. The number of hydrogen-bond acceptors (Lipinski definition) is 5. The van der Waals surface area contributed by atoms with Crippen molar-refractivity contribution < 1.29 is 8.98 Å². The van der Waals surface area contributed by atoms with Crippen molar-refractivity contribution in [3.63, 3.8) is 0 Å². The number of halogens is 1. The number of benzene rings is 1. The van der Waals surface area contributed by atoms with Crippen LogP contribution in [0.25, 0.3) is 0 Å². The maximum Gasteiger partial charge on any atom is 0.327 e. The molecule has 2 heterocycles. The van der Waals surface area contributed by atoms with Gasteiger partial charge in [0.2, 0.25) is 5.95 Å². The lowest BCUT2D eigenvalue weighted by Crippen LogP contribution is -2.39.